The van der Waals surface area contributed by atoms with E-state index in [2.05, 4.69) is 18.8 Å². The molecule has 0 heteroatoms. The van der Waals surface area contributed by atoms with Crippen LogP contribution in [0.1, 0.15) is 16.7 Å². The highest BCUT2D eigenvalue weighted by molar-refractivity contribution is 5.44. The van der Waals surface area contributed by atoms with Crippen LogP contribution in [-0.2, 0) is 0 Å². The van der Waals surface area contributed by atoms with E-state index in [4.69, 9.17) is 0 Å². The van der Waals surface area contributed by atoms with Crippen LogP contribution in [0.25, 0.3) is 0 Å². The number of rotatable bonds is 0. The topological polar surface area (TPSA) is 0 Å². The fourth-order valence-corrected chi connectivity index (χ4v) is 1.31. The van der Waals surface area contributed by atoms with E-state index in [9.17, 15) is 0 Å². The zero-order valence-corrected chi connectivity index (χ0v) is 8.40. The van der Waals surface area contributed by atoms with E-state index in [1.165, 1.54) is 0 Å². The van der Waals surface area contributed by atoms with E-state index >= 15 is 0 Å². The van der Waals surface area contributed by atoms with E-state index in [1.54, 1.807) is 0 Å². The normalized spacial score (nSPS) is 9.13. The molecule has 0 aliphatic heterocycles. The number of benzene rings is 2. The van der Waals surface area contributed by atoms with E-state index in [0.717, 1.165) is 16.7 Å². The fourth-order valence-electron chi connectivity index (χ4n) is 1.31. The van der Waals surface area contributed by atoms with Crippen LogP contribution in [-0.4, -0.2) is 0 Å². The van der Waals surface area contributed by atoms with Gasteiger partial charge >= 0.3 is 0 Å². The van der Waals surface area contributed by atoms with Crippen molar-refractivity contribution >= 4 is 0 Å². The van der Waals surface area contributed by atoms with Crippen molar-refractivity contribution in [2.45, 2.75) is 0 Å². The molecule has 1 radical (unpaired) electrons. The monoisotopic (exact) mass is 191 g/mol. The van der Waals surface area contributed by atoms with E-state index in [0.29, 0.717) is 0 Å². The van der Waals surface area contributed by atoms with Gasteiger partial charge in [0.25, 0.3) is 0 Å². The summed E-state index contributed by atoms with van der Waals surface area (Å²) in [5, 5.41) is 0. The lowest BCUT2D eigenvalue weighted by Gasteiger charge is -1.92. The highest BCUT2D eigenvalue weighted by Crippen LogP contribution is 2.02. The Hall–Kier alpha value is -2.00. The maximum Gasteiger partial charge on any atom is 0.0251 e. The molecule has 0 aromatic heterocycles. The minimum absolute atomic E-state index is 0.995. The van der Waals surface area contributed by atoms with Gasteiger partial charge in [-0.3, -0.25) is 0 Å². The van der Waals surface area contributed by atoms with Crippen molar-refractivity contribution in [1.29, 1.82) is 0 Å². The third-order valence-corrected chi connectivity index (χ3v) is 2.05. The van der Waals surface area contributed by atoms with Crippen molar-refractivity contribution in [3.05, 3.63) is 78.2 Å². The van der Waals surface area contributed by atoms with E-state index in [1.807, 2.05) is 54.6 Å². The minimum Gasteiger partial charge on any atom is -0.0622 e. The Bertz CT molecular complexity index is 498. The summed E-state index contributed by atoms with van der Waals surface area (Å²) >= 11 is 0. The average Bonchev–Trinajstić information content (AvgIpc) is 2.28. The summed E-state index contributed by atoms with van der Waals surface area (Å²) in [6.45, 7) is 3.87. The van der Waals surface area contributed by atoms with Crippen molar-refractivity contribution in [2.75, 3.05) is 0 Å². The molecule has 0 saturated carbocycles. The van der Waals surface area contributed by atoms with Crippen molar-refractivity contribution in [2.24, 2.45) is 0 Å². The Kier molecular flexibility index (Phi) is 2.85. The van der Waals surface area contributed by atoms with Crippen molar-refractivity contribution in [3.63, 3.8) is 0 Å². The molecule has 2 aromatic rings. The average molecular weight is 191 g/mol. The highest BCUT2D eigenvalue weighted by Gasteiger charge is 1.87. The van der Waals surface area contributed by atoms with Gasteiger partial charge in [0.15, 0.2) is 0 Å². The Balaban J connectivity index is 2.26. The molecule has 0 nitrogen and oxygen atoms in total. The smallest absolute Gasteiger partial charge is 0.0251 e. The summed E-state index contributed by atoms with van der Waals surface area (Å²) in [5.74, 6) is 6.22. The molecule has 0 spiro atoms. The first-order chi connectivity index (χ1) is 7.34. The molecule has 0 N–H and O–H groups in total. The van der Waals surface area contributed by atoms with Gasteiger partial charge in [-0.15, -0.1) is 0 Å². The molecule has 0 amide bonds. The first-order valence-electron chi connectivity index (χ1n) is 4.84. The molecule has 2 aromatic carbocycles. The maximum absolute atomic E-state index is 3.87. The van der Waals surface area contributed by atoms with Gasteiger partial charge in [0.05, 0.1) is 0 Å². The zero-order chi connectivity index (χ0) is 10.5. The molecular weight excluding hydrogens is 180 g/mol. The van der Waals surface area contributed by atoms with Gasteiger partial charge in [-0.25, -0.2) is 0 Å². The molecule has 0 atom stereocenters. The van der Waals surface area contributed by atoms with Crippen LogP contribution >= 0.6 is 0 Å². The summed E-state index contributed by atoms with van der Waals surface area (Å²) < 4.78 is 0. The molecule has 15 heavy (non-hydrogen) atoms. The van der Waals surface area contributed by atoms with Gasteiger partial charge in [0, 0.05) is 11.1 Å². The van der Waals surface area contributed by atoms with Crippen LogP contribution in [0.4, 0.5) is 0 Å². The molecule has 0 unspecified atom stereocenters. The third-order valence-electron chi connectivity index (χ3n) is 2.05. The van der Waals surface area contributed by atoms with Gasteiger partial charge in [0.2, 0.25) is 0 Å². The Labute approximate surface area is 90.6 Å². The molecule has 71 valence electrons. The van der Waals surface area contributed by atoms with Crippen LogP contribution in [0.5, 0.6) is 0 Å². The summed E-state index contributed by atoms with van der Waals surface area (Å²) in [7, 11) is 0. The lowest BCUT2D eigenvalue weighted by Crippen LogP contribution is -1.77. The maximum atomic E-state index is 3.87. The Morgan fingerprint density at radius 1 is 0.733 bits per heavy atom. The molecule has 0 aliphatic rings. The molecule has 2 rings (SSSR count). The fraction of sp³-hybridized carbons (Fsp3) is 0. The summed E-state index contributed by atoms with van der Waals surface area (Å²) in [4.78, 5) is 0. The number of hydrogen-bond acceptors (Lipinski definition) is 0. The van der Waals surface area contributed by atoms with Crippen molar-refractivity contribution < 1.29 is 0 Å². The molecule has 0 aliphatic carbocycles. The van der Waals surface area contributed by atoms with E-state index < -0.39 is 0 Å². The van der Waals surface area contributed by atoms with Gasteiger partial charge in [-0.2, -0.15) is 0 Å². The van der Waals surface area contributed by atoms with Gasteiger partial charge in [0.1, 0.15) is 0 Å². The highest BCUT2D eigenvalue weighted by atomic mass is 13.9. The first kappa shape index (κ1) is 9.55. The summed E-state index contributed by atoms with van der Waals surface area (Å²) in [6, 6.07) is 17.9. The molecule has 0 saturated heterocycles. The summed E-state index contributed by atoms with van der Waals surface area (Å²) in [6.07, 6.45) is 0. The van der Waals surface area contributed by atoms with Crippen LogP contribution < -0.4 is 0 Å². The molecule has 0 bridgehead atoms. The van der Waals surface area contributed by atoms with Crippen molar-refractivity contribution in [3.8, 4) is 11.8 Å². The standard InChI is InChI=1S/C15H11/c1-13-6-5-9-15(12-13)11-10-14-7-3-2-4-8-14/h2-9,12H,1H2. The Morgan fingerprint density at radius 2 is 1.40 bits per heavy atom. The minimum atomic E-state index is 0.995. The lowest BCUT2D eigenvalue weighted by atomic mass is 10.1. The predicted molar refractivity (Wildman–Crippen MR) is 63.3 cm³/mol. The van der Waals surface area contributed by atoms with E-state index in [-0.39, 0.29) is 0 Å². The summed E-state index contributed by atoms with van der Waals surface area (Å²) in [5.41, 5.74) is 3.04. The molecule has 0 heterocycles. The second-order valence-electron chi connectivity index (χ2n) is 3.32. The third kappa shape index (κ3) is 2.72. The Morgan fingerprint density at radius 3 is 2.13 bits per heavy atom. The van der Waals surface area contributed by atoms with Gasteiger partial charge in [-0.1, -0.05) is 42.2 Å². The van der Waals surface area contributed by atoms with Crippen molar-refractivity contribution in [1.82, 2.24) is 0 Å². The predicted octanol–water partition coefficient (Wildman–Crippen LogP) is 3.27. The lowest BCUT2D eigenvalue weighted by molar-refractivity contribution is 1.57. The van der Waals surface area contributed by atoms with Crippen LogP contribution in [0.2, 0.25) is 0 Å². The van der Waals surface area contributed by atoms with Gasteiger partial charge < -0.3 is 0 Å². The zero-order valence-electron chi connectivity index (χ0n) is 8.40. The van der Waals surface area contributed by atoms with Gasteiger partial charge in [-0.05, 0) is 36.8 Å². The quantitative estimate of drug-likeness (QED) is 0.561. The first-order valence-corrected chi connectivity index (χ1v) is 4.84. The van der Waals surface area contributed by atoms with Crippen LogP contribution in [0, 0.1) is 18.8 Å². The number of hydrogen-bond donors (Lipinski definition) is 0. The second kappa shape index (κ2) is 4.48. The second-order valence-corrected chi connectivity index (χ2v) is 3.32. The van der Waals surface area contributed by atoms with Crippen LogP contribution in [0.15, 0.2) is 54.6 Å². The largest absolute Gasteiger partial charge is 0.0622 e. The van der Waals surface area contributed by atoms with Crippen LogP contribution in [0.3, 0.4) is 0 Å². The molecular formula is C15H11. The molecule has 0 fully saturated rings. The SMILES string of the molecule is [CH2]c1cccc(C#Cc2ccccc2)c1.